The van der Waals surface area contributed by atoms with Gasteiger partial charge >= 0.3 is 9.28 Å². The summed E-state index contributed by atoms with van der Waals surface area (Å²) in [7, 11) is -1.08. The molecule has 1 rings (SSSR count). The molecule has 0 atom stereocenters. The van der Waals surface area contributed by atoms with Crippen molar-refractivity contribution < 1.29 is 13.6 Å². The van der Waals surface area contributed by atoms with Crippen LogP contribution in [0, 0.1) is 0 Å². The van der Waals surface area contributed by atoms with Crippen LogP contribution in [-0.2, 0) is 8.85 Å². The second kappa shape index (κ2) is 10.7. The number of rotatable bonds is 11. The minimum Gasteiger partial charge on any atom is -0.493 e. The molecule has 0 amide bonds. The van der Waals surface area contributed by atoms with Crippen LogP contribution in [0.25, 0.3) is 6.08 Å². The summed E-state index contributed by atoms with van der Waals surface area (Å²) >= 11 is 0. The Balaban J connectivity index is 2.22. The molecule has 0 saturated heterocycles. The summed E-state index contributed by atoms with van der Waals surface area (Å²) in [6.45, 7) is 10.0. The van der Waals surface area contributed by atoms with Crippen molar-refractivity contribution in [3.63, 3.8) is 0 Å². The van der Waals surface area contributed by atoms with Crippen LogP contribution in [0.3, 0.4) is 0 Å². The van der Waals surface area contributed by atoms with E-state index in [1.807, 2.05) is 44.2 Å². The number of para-hydroxylation sites is 1. The highest BCUT2D eigenvalue weighted by atomic mass is 28.3. The lowest BCUT2D eigenvalue weighted by Crippen LogP contribution is -2.22. The molecule has 0 unspecified atom stereocenters. The predicted octanol–water partition coefficient (Wildman–Crippen LogP) is 4.05. The highest BCUT2D eigenvalue weighted by Gasteiger charge is 2.13. The summed E-state index contributed by atoms with van der Waals surface area (Å²) in [5.41, 5.74) is 1.04. The van der Waals surface area contributed by atoms with Crippen LogP contribution in [-0.4, -0.2) is 29.1 Å². The van der Waals surface area contributed by atoms with Crippen molar-refractivity contribution in [2.75, 3.05) is 19.8 Å². The van der Waals surface area contributed by atoms with Gasteiger partial charge in [-0.05, 0) is 38.8 Å². The van der Waals surface area contributed by atoms with Crippen LogP contribution in [0.15, 0.2) is 30.8 Å². The molecule has 0 saturated carbocycles. The fourth-order valence-electron chi connectivity index (χ4n) is 1.84. The summed E-state index contributed by atoms with van der Waals surface area (Å²) < 4.78 is 17.0. The van der Waals surface area contributed by atoms with Crippen molar-refractivity contribution in [2.45, 2.75) is 32.7 Å². The van der Waals surface area contributed by atoms with Crippen molar-refractivity contribution in [3.05, 3.63) is 36.4 Å². The third-order valence-corrected chi connectivity index (χ3v) is 4.77. The Kier molecular flexibility index (Phi) is 9.03. The van der Waals surface area contributed by atoms with Gasteiger partial charge in [-0.3, -0.25) is 0 Å². The summed E-state index contributed by atoms with van der Waals surface area (Å²) in [4.78, 5) is 0. The Morgan fingerprint density at radius 1 is 1.10 bits per heavy atom. The fourth-order valence-corrected chi connectivity index (χ4v) is 3.40. The Bertz CT molecular complexity index is 376. The zero-order chi connectivity index (χ0) is 14.6. The van der Waals surface area contributed by atoms with E-state index in [1.54, 1.807) is 0 Å². The fraction of sp³-hybridized carbons (Fsp3) is 0.500. The van der Waals surface area contributed by atoms with Gasteiger partial charge < -0.3 is 13.6 Å². The van der Waals surface area contributed by atoms with E-state index < -0.39 is 9.28 Å². The van der Waals surface area contributed by atoms with E-state index in [9.17, 15) is 0 Å². The first-order valence-corrected chi connectivity index (χ1v) is 8.79. The molecule has 3 nitrogen and oxygen atoms in total. The lowest BCUT2D eigenvalue weighted by molar-refractivity contribution is 0.211. The molecule has 0 fully saturated rings. The van der Waals surface area contributed by atoms with Crippen molar-refractivity contribution in [3.8, 4) is 5.75 Å². The molecule has 0 N–H and O–H groups in total. The molecule has 0 bridgehead atoms. The quantitative estimate of drug-likeness (QED) is 0.455. The average molecular weight is 293 g/mol. The Labute approximate surface area is 124 Å². The molecule has 0 aliphatic rings. The molecule has 0 aromatic heterocycles. The largest absolute Gasteiger partial charge is 0.493 e. The second-order valence-electron chi connectivity index (χ2n) is 4.29. The average Bonchev–Trinajstić information content (AvgIpc) is 2.47. The minimum absolute atomic E-state index is 0.720. The minimum atomic E-state index is -1.08. The number of hydrogen-bond donors (Lipinski definition) is 0. The van der Waals surface area contributed by atoms with E-state index in [2.05, 4.69) is 6.58 Å². The number of hydrogen-bond acceptors (Lipinski definition) is 3. The van der Waals surface area contributed by atoms with Crippen LogP contribution in [0.1, 0.15) is 32.3 Å². The van der Waals surface area contributed by atoms with Gasteiger partial charge in [-0.25, -0.2) is 0 Å². The normalized spacial score (nSPS) is 10.8. The van der Waals surface area contributed by atoms with Gasteiger partial charge in [0.2, 0.25) is 0 Å². The molecule has 0 aliphatic heterocycles. The van der Waals surface area contributed by atoms with Crippen molar-refractivity contribution in [2.24, 2.45) is 0 Å². The first kappa shape index (κ1) is 16.9. The maximum Gasteiger partial charge on any atom is 0.384 e. The van der Waals surface area contributed by atoms with E-state index in [0.29, 0.717) is 0 Å². The Morgan fingerprint density at radius 3 is 2.45 bits per heavy atom. The van der Waals surface area contributed by atoms with Crippen LogP contribution in [0.2, 0.25) is 6.04 Å². The first-order chi connectivity index (χ1) is 9.81. The van der Waals surface area contributed by atoms with Gasteiger partial charge in [0, 0.05) is 18.8 Å². The van der Waals surface area contributed by atoms with Gasteiger partial charge in [0.25, 0.3) is 0 Å². The maximum atomic E-state index is 5.79. The molecule has 20 heavy (non-hydrogen) atoms. The van der Waals surface area contributed by atoms with Crippen LogP contribution < -0.4 is 4.74 Å². The zero-order valence-corrected chi connectivity index (χ0v) is 13.6. The predicted molar refractivity (Wildman–Crippen MR) is 85.1 cm³/mol. The number of benzene rings is 1. The van der Waals surface area contributed by atoms with Gasteiger partial charge in [0.05, 0.1) is 6.61 Å². The monoisotopic (exact) mass is 293 g/mol. The molecule has 1 radical (unpaired) electrons. The molecule has 0 aliphatic carbocycles. The van der Waals surface area contributed by atoms with Gasteiger partial charge in [-0.2, -0.15) is 0 Å². The van der Waals surface area contributed by atoms with Gasteiger partial charge in [-0.15, -0.1) is 0 Å². The molecule has 111 valence electrons. The van der Waals surface area contributed by atoms with Crippen LogP contribution in [0.5, 0.6) is 5.75 Å². The molecular formula is C16H25O3Si. The van der Waals surface area contributed by atoms with Crippen molar-refractivity contribution in [1.29, 1.82) is 0 Å². The van der Waals surface area contributed by atoms with E-state index in [1.165, 1.54) is 0 Å². The smallest absolute Gasteiger partial charge is 0.384 e. The summed E-state index contributed by atoms with van der Waals surface area (Å²) in [6.07, 6.45) is 3.91. The van der Waals surface area contributed by atoms with Crippen LogP contribution >= 0.6 is 0 Å². The summed E-state index contributed by atoms with van der Waals surface area (Å²) in [5.74, 6) is 0.905. The van der Waals surface area contributed by atoms with Gasteiger partial charge in [-0.1, -0.05) is 30.9 Å². The zero-order valence-electron chi connectivity index (χ0n) is 12.6. The molecule has 4 heteroatoms. The molecular weight excluding hydrogens is 268 g/mol. The van der Waals surface area contributed by atoms with Gasteiger partial charge in [0.15, 0.2) is 0 Å². The topological polar surface area (TPSA) is 27.7 Å². The highest BCUT2D eigenvalue weighted by molar-refractivity contribution is 6.44. The Hall–Kier alpha value is -1.10. The van der Waals surface area contributed by atoms with Gasteiger partial charge in [0.1, 0.15) is 5.75 Å². The third-order valence-electron chi connectivity index (χ3n) is 2.78. The first-order valence-electron chi connectivity index (χ1n) is 7.27. The number of unbranched alkanes of at least 4 members (excludes halogenated alkanes) is 1. The SMILES string of the molecule is C=Cc1ccccc1OCCCC[Si](OCC)OCC. The molecule has 0 heterocycles. The molecule has 1 aromatic carbocycles. The maximum absolute atomic E-state index is 5.79. The standard InChI is InChI=1S/C16H25O3Si/c1-4-15-11-7-8-12-16(15)17-13-9-10-14-20(18-5-2)19-6-3/h4,7-8,11-12H,1,5-6,9-10,13-14H2,2-3H3. The van der Waals surface area contributed by atoms with E-state index >= 15 is 0 Å². The van der Waals surface area contributed by atoms with E-state index in [0.717, 1.165) is 50.0 Å². The highest BCUT2D eigenvalue weighted by Crippen LogP contribution is 2.19. The van der Waals surface area contributed by atoms with E-state index in [4.69, 9.17) is 13.6 Å². The summed E-state index contributed by atoms with van der Waals surface area (Å²) in [6, 6.07) is 8.97. The third kappa shape index (κ3) is 6.37. The second-order valence-corrected chi connectivity index (χ2v) is 6.11. The molecule has 0 spiro atoms. The molecule has 1 aromatic rings. The lowest BCUT2D eigenvalue weighted by atomic mass is 10.2. The lowest BCUT2D eigenvalue weighted by Gasteiger charge is -2.13. The van der Waals surface area contributed by atoms with Crippen molar-refractivity contribution >= 4 is 15.4 Å². The number of ether oxygens (including phenoxy) is 1. The summed E-state index contributed by atoms with van der Waals surface area (Å²) in [5, 5.41) is 0. The Morgan fingerprint density at radius 2 is 1.80 bits per heavy atom. The van der Waals surface area contributed by atoms with Crippen molar-refractivity contribution in [1.82, 2.24) is 0 Å². The van der Waals surface area contributed by atoms with E-state index in [-0.39, 0.29) is 0 Å². The van der Waals surface area contributed by atoms with Crippen LogP contribution in [0.4, 0.5) is 0 Å².